The molecule has 0 unspecified atom stereocenters. The first-order chi connectivity index (χ1) is 7.74. The van der Waals surface area contributed by atoms with Gasteiger partial charge in [0.15, 0.2) is 12.0 Å². The molecule has 0 atom stereocenters. The summed E-state index contributed by atoms with van der Waals surface area (Å²) in [5.74, 6) is -0.884. The number of halogens is 3. The van der Waals surface area contributed by atoms with E-state index in [1.54, 1.807) is 0 Å². The summed E-state index contributed by atoms with van der Waals surface area (Å²) in [6.45, 7) is 1.15. The Balaban J connectivity index is 3.27. The summed E-state index contributed by atoms with van der Waals surface area (Å²) in [4.78, 5) is 23.2. The molecule has 0 saturated carbocycles. The van der Waals surface area contributed by atoms with Crippen molar-refractivity contribution in [3.8, 4) is 5.88 Å². The van der Waals surface area contributed by atoms with Gasteiger partial charge in [-0.15, -0.1) is 13.2 Å². The van der Waals surface area contributed by atoms with E-state index in [1.807, 2.05) is 0 Å². The van der Waals surface area contributed by atoms with Gasteiger partial charge in [-0.2, -0.15) is 0 Å². The fourth-order valence-corrected chi connectivity index (χ4v) is 1.04. The second-order valence-electron chi connectivity index (χ2n) is 2.94. The summed E-state index contributed by atoms with van der Waals surface area (Å²) in [6.07, 6.45) is -4.99. The van der Waals surface area contributed by atoms with Crippen LogP contribution < -0.4 is 4.74 Å². The Hall–Kier alpha value is -2.19. The Morgan fingerprint density at radius 2 is 2.12 bits per heavy atom. The first-order valence-corrected chi connectivity index (χ1v) is 4.11. The Bertz CT molecular complexity index is 473. The largest absolute Gasteiger partial charge is 0.574 e. The van der Waals surface area contributed by atoms with Gasteiger partial charge in [0.05, 0.1) is 4.92 Å². The molecule has 0 bridgehead atoms. The second-order valence-corrected chi connectivity index (χ2v) is 2.94. The van der Waals surface area contributed by atoms with Gasteiger partial charge >= 0.3 is 6.36 Å². The molecule has 0 fully saturated rings. The predicted molar refractivity (Wildman–Crippen MR) is 47.7 cm³/mol. The van der Waals surface area contributed by atoms with Gasteiger partial charge in [-0.05, 0) is 6.92 Å². The van der Waals surface area contributed by atoms with Crippen molar-refractivity contribution in [2.75, 3.05) is 0 Å². The van der Waals surface area contributed by atoms with Crippen molar-refractivity contribution in [2.24, 2.45) is 0 Å². The van der Waals surface area contributed by atoms with E-state index in [0.717, 1.165) is 13.0 Å². The summed E-state index contributed by atoms with van der Waals surface area (Å²) >= 11 is 0. The monoisotopic (exact) mass is 250 g/mol. The average molecular weight is 250 g/mol. The fourth-order valence-electron chi connectivity index (χ4n) is 1.04. The highest BCUT2D eigenvalue weighted by molar-refractivity contribution is 5.79. The summed E-state index contributed by atoms with van der Waals surface area (Å²) in [6, 6.07) is 0.789. The van der Waals surface area contributed by atoms with E-state index in [4.69, 9.17) is 0 Å². The molecule has 9 heteroatoms. The number of hydrogen-bond acceptors (Lipinski definition) is 5. The molecule has 0 spiro atoms. The average Bonchev–Trinajstić information content (AvgIpc) is 2.18. The molecular formula is C8H5F3N2O4. The molecule has 1 heterocycles. The van der Waals surface area contributed by atoms with Crippen molar-refractivity contribution in [3.05, 3.63) is 27.4 Å². The van der Waals surface area contributed by atoms with Crippen LogP contribution in [0.4, 0.5) is 18.9 Å². The lowest BCUT2D eigenvalue weighted by Crippen LogP contribution is -2.19. The Morgan fingerprint density at radius 1 is 1.53 bits per heavy atom. The Morgan fingerprint density at radius 3 is 2.53 bits per heavy atom. The minimum Gasteiger partial charge on any atom is -0.388 e. The van der Waals surface area contributed by atoms with Crippen molar-refractivity contribution in [2.45, 2.75) is 13.3 Å². The van der Waals surface area contributed by atoms with Gasteiger partial charge < -0.3 is 4.74 Å². The molecule has 92 valence electrons. The number of aldehydes is 1. The number of nitro groups is 1. The van der Waals surface area contributed by atoms with Crippen molar-refractivity contribution >= 4 is 12.0 Å². The summed E-state index contributed by atoms with van der Waals surface area (Å²) in [5, 5.41) is 10.5. The number of aryl methyl sites for hydroxylation is 1. The van der Waals surface area contributed by atoms with E-state index >= 15 is 0 Å². The van der Waals surface area contributed by atoms with Crippen LogP contribution in [0.15, 0.2) is 6.07 Å². The lowest BCUT2D eigenvalue weighted by molar-refractivity contribution is -0.385. The Kier molecular flexibility index (Phi) is 3.30. The van der Waals surface area contributed by atoms with Gasteiger partial charge in [0.1, 0.15) is 0 Å². The van der Waals surface area contributed by atoms with Crippen molar-refractivity contribution < 1.29 is 27.6 Å². The zero-order valence-corrected chi connectivity index (χ0v) is 8.32. The first-order valence-electron chi connectivity index (χ1n) is 4.11. The topological polar surface area (TPSA) is 82.3 Å². The number of aromatic nitrogens is 1. The molecule has 1 rings (SSSR count). The van der Waals surface area contributed by atoms with Gasteiger partial charge in [0, 0.05) is 11.6 Å². The number of carbonyl (C=O) groups is 1. The molecule has 0 N–H and O–H groups in total. The van der Waals surface area contributed by atoms with E-state index in [9.17, 15) is 28.1 Å². The summed E-state index contributed by atoms with van der Waals surface area (Å²) < 4.78 is 39.3. The zero-order valence-electron chi connectivity index (χ0n) is 8.32. The van der Waals surface area contributed by atoms with Gasteiger partial charge in [0.2, 0.25) is 5.88 Å². The van der Waals surface area contributed by atoms with E-state index in [1.165, 1.54) is 0 Å². The molecule has 1 aromatic heterocycles. The number of hydrogen-bond donors (Lipinski definition) is 0. The van der Waals surface area contributed by atoms with Crippen LogP contribution in [0, 0.1) is 17.0 Å². The van der Waals surface area contributed by atoms with Gasteiger partial charge in [-0.3, -0.25) is 14.9 Å². The third kappa shape index (κ3) is 3.13. The highest BCUT2D eigenvalue weighted by atomic mass is 19.4. The minimum absolute atomic E-state index is 0.0131. The third-order valence-corrected chi connectivity index (χ3v) is 1.70. The molecule has 0 amide bonds. The van der Waals surface area contributed by atoms with E-state index < -0.39 is 28.5 Å². The van der Waals surface area contributed by atoms with Crippen LogP contribution in [0.3, 0.4) is 0 Å². The third-order valence-electron chi connectivity index (χ3n) is 1.70. The lowest BCUT2D eigenvalue weighted by atomic mass is 10.2. The highest BCUT2D eigenvalue weighted by Gasteiger charge is 2.33. The maximum atomic E-state index is 11.9. The van der Waals surface area contributed by atoms with Crippen molar-refractivity contribution in [1.29, 1.82) is 0 Å². The van der Waals surface area contributed by atoms with Crippen LogP contribution >= 0.6 is 0 Å². The highest BCUT2D eigenvalue weighted by Crippen LogP contribution is 2.28. The fraction of sp³-hybridized carbons (Fsp3) is 0.250. The van der Waals surface area contributed by atoms with Gasteiger partial charge in [-0.1, -0.05) is 0 Å². The van der Waals surface area contributed by atoms with E-state index in [2.05, 4.69) is 9.72 Å². The summed E-state index contributed by atoms with van der Waals surface area (Å²) in [7, 11) is 0. The standard InChI is InChI=1S/C8H5F3N2O4/c1-4-2-6(13(15)16)5(3-14)12-7(4)17-8(9,10)11/h2-3H,1H3. The molecular weight excluding hydrogens is 245 g/mol. The number of alkyl halides is 3. The number of nitrogens with zero attached hydrogens (tertiary/aromatic N) is 2. The smallest absolute Gasteiger partial charge is 0.388 e. The van der Waals surface area contributed by atoms with E-state index in [-0.39, 0.29) is 11.8 Å². The SMILES string of the molecule is Cc1cc([N+](=O)[O-])c(C=O)nc1OC(F)(F)F. The number of pyridine rings is 1. The van der Waals surface area contributed by atoms with Gasteiger partial charge in [-0.25, -0.2) is 4.98 Å². The van der Waals surface area contributed by atoms with Crippen LogP contribution in [0.5, 0.6) is 5.88 Å². The van der Waals surface area contributed by atoms with Crippen LogP contribution in [0.1, 0.15) is 16.1 Å². The molecule has 0 aliphatic heterocycles. The van der Waals surface area contributed by atoms with Crippen LogP contribution in [-0.4, -0.2) is 22.6 Å². The maximum Gasteiger partial charge on any atom is 0.574 e. The van der Waals surface area contributed by atoms with Crippen molar-refractivity contribution in [1.82, 2.24) is 4.98 Å². The molecule has 0 aliphatic carbocycles. The molecule has 0 radical (unpaired) electrons. The molecule has 0 saturated heterocycles. The number of rotatable bonds is 3. The van der Waals surface area contributed by atoms with Gasteiger partial charge in [0.25, 0.3) is 5.69 Å². The molecule has 0 aliphatic rings. The molecule has 6 nitrogen and oxygen atoms in total. The minimum atomic E-state index is -4.98. The summed E-state index contributed by atoms with van der Waals surface area (Å²) in [5.41, 5.74) is -1.59. The normalized spacial score (nSPS) is 11.1. The number of carbonyl (C=O) groups excluding carboxylic acids is 1. The van der Waals surface area contributed by atoms with Crippen molar-refractivity contribution in [3.63, 3.8) is 0 Å². The van der Waals surface area contributed by atoms with Crippen LogP contribution in [-0.2, 0) is 0 Å². The quantitative estimate of drug-likeness (QED) is 0.465. The predicted octanol–water partition coefficient (Wildman–Crippen LogP) is 2.01. The lowest BCUT2D eigenvalue weighted by Gasteiger charge is -2.10. The second kappa shape index (κ2) is 4.36. The Labute approximate surface area is 92.2 Å². The van der Waals surface area contributed by atoms with Crippen LogP contribution in [0.2, 0.25) is 0 Å². The maximum absolute atomic E-state index is 11.9. The first kappa shape index (κ1) is 12.9. The van der Waals surface area contributed by atoms with E-state index in [0.29, 0.717) is 0 Å². The van der Waals surface area contributed by atoms with Crippen LogP contribution in [0.25, 0.3) is 0 Å². The molecule has 17 heavy (non-hydrogen) atoms. The molecule has 0 aromatic carbocycles. The zero-order chi connectivity index (χ0) is 13.2. The molecule has 1 aromatic rings. The number of ether oxygens (including phenoxy) is 1.